The number of aryl methyl sites for hydroxylation is 1. The number of H-pyrrole nitrogens is 1. The van der Waals surface area contributed by atoms with Crippen molar-refractivity contribution in [3.05, 3.63) is 22.5 Å². The highest BCUT2D eigenvalue weighted by molar-refractivity contribution is 6.01. The largest absolute Gasteiger partial charge is 0.462 e. The van der Waals surface area contributed by atoms with Crippen molar-refractivity contribution in [1.29, 1.82) is 0 Å². The van der Waals surface area contributed by atoms with Gasteiger partial charge < -0.3 is 14.6 Å². The molecule has 1 aliphatic heterocycles. The molecule has 1 saturated heterocycles. The molecule has 1 aliphatic rings. The first-order valence-corrected chi connectivity index (χ1v) is 8.17. The van der Waals surface area contributed by atoms with Gasteiger partial charge in [-0.15, -0.1) is 0 Å². The van der Waals surface area contributed by atoms with Crippen LogP contribution in [0.2, 0.25) is 0 Å². The van der Waals surface area contributed by atoms with Crippen molar-refractivity contribution in [2.45, 2.75) is 40.5 Å². The normalized spacial score (nSPS) is 21.6. The van der Waals surface area contributed by atoms with Crippen molar-refractivity contribution in [2.75, 3.05) is 26.2 Å². The summed E-state index contributed by atoms with van der Waals surface area (Å²) in [6, 6.07) is 0. The Kier molecular flexibility index (Phi) is 5.40. The smallest absolute Gasteiger partial charge is 0.340 e. The molecule has 0 aromatic carbocycles. The number of rotatable bonds is 5. The van der Waals surface area contributed by atoms with E-state index in [-0.39, 0.29) is 11.8 Å². The van der Waals surface area contributed by atoms with E-state index < -0.39 is 0 Å². The summed E-state index contributed by atoms with van der Waals surface area (Å²) in [4.78, 5) is 29.0. The molecule has 2 heterocycles. The number of Topliss-reactive ketones (excluding diaryl/α,β-unsaturated/α-hetero) is 1. The number of piperidine rings is 1. The maximum absolute atomic E-state index is 12.6. The molecule has 0 saturated carbocycles. The zero-order valence-corrected chi connectivity index (χ0v) is 14.0. The van der Waals surface area contributed by atoms with Crippen LogP contribution in [0.1, 0.15) is 58.8 Å². The number of esters is 1. The Morgan fingerprint density at radius 1 is 1.27 bits per heavy atom. The van der Waals surface area contributed by atoms with E-state index in [9.17, 15) is 9.59 Å². The third kappa shape index (κ3) is 3.58. The minimum Gasteiger partial charge on any atom is -0.462 e. The van der Waals surface area contributed by atoms with Crippen molar-refractivity contribution < 1.29 is 19.2 Å². The second-order valence-corrected chi connectivity index (χ2v) is 6.38. The molecule has 2 rings (SSSR count). The van der Waals surface area contributed by atoms with Crippen LogP contribution >= 0.6 is 0 Å². The molecule has 1 aromatic rings. The van der Waals surface area contributed by atoms with Crippen LogP contribution in [-0.4, -0.2) is 43.0 Å². The molecular weight excluding hydrogens is 280 g/mol. The highest BCUT2D eigenvalue weighted by Crippen LogP contribution is 2.19. The molecule has 0 amide bonds. The molecule has 0 radical (unpaired) electrons. The van der Waals surface area contributed by atoms with Crippen molar-refractivity contribution in [3.8, 4) is 0 Å². The Morgan fingerprint density at radius 3 is 2.50 bits per heavy atom. The van der Waals surface area contributed by atoms with E-state index >= 15 is 0 Å². The monoisotopic (exact) mass is 307 g/mol. The van der Waals surface area contributed by atoms with Crippen LogP contribution in [0.3, 0.4) is 0 Å². The SMILES string of the molecule is CCOC(=O)c1c(C)[nH]c(C(=O)C[NH+]2CCC(C)CC2)c1C. The summed E-state index contributed by atoms with van der Waals surface area (Å²) < 4.78 is 5.07. The van der Waals surface area contributed by atoms with E-state index in [1.54, 1.807) is 6.92 Å². The summed E-state index contributed by atoms with van der Waals surface area (Å²) in [5.41, 5.74) is 2.49. The molecule has 5 nitrogen and oxygen atoms in total. The van der Waals surface area contributed by atoms with Crippen LogP contribution in [0, 0.1) is 19.8 Å². The summed E-state index contributed by atoms with van der Waals surface area (Å²) in [7, 11) is 0. The predicted molar refractivity (Wildman–Crippen MR) is 84.5 cm³/mol. The molecule has 0 atom stereocenters. The molecule has 1 fully saturated rings. The minimum atomic E-state index is -0.355. The molecule has 0 unspecified atom stereocenters. The number of hydrogen-bond acceptors (Lipinski definition) is 3. The van der Waals surface area contributed by atoms with Crippen LogP contribution in [0.5, 0.6) is 0 Å². The first kappa shape index (κ1) is 16.7. The average Bonchev–Trinajstić information content (AvgIpc) is 2.77. The zero-order chi connectivity index (χ0) is 16.3. The van der Waals surface area contributed by atoms with Crippen LogP contribution < -0.4 is 4.90 Å². The number of carbonyl (C=O) groups is 2. The van der Waals surface area contributed by atoms with Crippen molar-refractivity contribution in [3.63, 3.8) is 0 Å². The Morgan fingerprint density at radius 2 is 1.91 bits per heavy atom. The van der Waals surface area contributed by atoms with Gasteiger partial charge in [0.25, 0.3) is 0 Å². The number of aromatic nitrogens is 1. The number of carbonyl (C=O) groups excluding carboxylic acids is 2. The van der Waals surface area contributed by atoms with Crippen molar-refractivity contribution in [2.24, 2.45) is 5.92 Å². The van der Waals surface area contributed by atoms with Crippen molar-refractivity contribution in [1.82, 2.24) is 4.98 Å². The van der Waals surface area contributed by atoms with Gasteiger partial charge in [-0.2, -0.15) is 0 Å². The minimum absolute atomic E-state index is 0.0840. The quantitative estimate of drug-likeness (QED) is 0.637. The summed E-state index contributed by atoms with van der Waals surface area (Å²) in [5, 5.41) is 0. The highest BCUT2D eigenvalue weighted by atomic mass is 16.5. The summed E-state index contributed by atoms with van der Waals surface area (Å²) in [5.74, 6) is 0.497. The molecule has 122 valence electrons. The lowest BCUT2D eigenvalue weighted by atomic mass is 9.99. The fourth-order valence-corrected chi connectivity index (χ4v) is 3.20. The molecule has 22 heavy (non-hydrogen) atoms. The molecule has 0 bridgehead atoms. The molecule has 2 N–H and O–H groups in total. The standard InChI is InChI=1S/C17H26N2O3/c1-5-22-17(21)15-12(3)16(18-13(15)4)14(20)10-19-8-6-11(2)7-9-19/h11,18H,5-10H2,1-4H3/p+1. The van der Waals surface area contributed by atoms with Crippen LogP contribution in [0.15, 0.2) is 0 Å². The van der Waals surface area contributed by atoms with Crippen LogP contribution in [0.4, 0.5) is 0 Å². The second-order valence-electron chi connectivity index (χ2n) is 6.38. The van der Waals surface area contributed by atoms with Gasteiger partial charge in [0.1, 0.15) is 6.54 Å². The Hall–Kier alpha value is -1.62. The van der Waals surface area contributed by atoms with E-state index in [1.165, 1.54) is 17.7 Å². The van der Waals surface area contributed by atoms with E-state index in [2.05, 4.69) is 11.9 Å². The highest BCUT2D eigenvalue weighted by Gasteiger charge is 2.26. The molecular formula is C17H27N2O3+. The predicted octanol–water partition coefficient (Wildman–Crippen LogP) is 1.31. The summed E-state index contributed by atoms with van der Waals surface area (Å²) in [6.07, 6.45) is 2.36. The lowest BCUT2D eigenvalue weighted by Gasteiger charge is -2.26. The van der Waals surface area contributed by atoms with E-state index in [0.29, 0.717) is 35.7 Å². The van der Waals surface area contributed by atoms with E-state index in [4.69, 9.17) is 4.74 Å². The third-order valence-corrected chi connectivity index (χ3v) is 4.59. The second kappa shape index (κ2) is 7.09. The molecule has 5 heteroatoms. The van der Waals surface area contributed by atoms with Gasteiger partial charge in [0.05, 0.1) is 31.0 Å². The van der Waals surface area contributed by atoms with Crippen molar-refractivity contribution >= 4 is 11.8 Å². The Bertz CT molecular complexity index is 554. The fourth-order valence-electron chi connectivity index (χ4n) is 3.20. The average molecular weight is 307 g/mol. The third-order valence-electron chi connectivity index (χ3n) is 4.59. The Labute approximate surface area is 132 Å². The van der Waals surface area contributed by atoms with E-state index in [1.807, 2.05) is 13.8 Å². The lowest BCUT2D eigenvalue weighted by molar-refractivity contribution is -0.897. The maximum Gasteiger partial charge on any atom is 0.340 e. The topological polar surface area (TPSA) is 63.6 Å². The molecule has 1 aromatic heterocycles. The number of ether oxygens (including phenoxy) is 1. The van der Waals surface area contributed by atoms with Crippen LogP contribution in [0.25, 0.3) is 0 Å². The Balaban J connectivity index is 2.10. The fraction of sp³-hybridized carbons (Fsp3) is 0.647. The number of aromatic amines is 1. The zero-order valence-electron chi connectivity index (χ0n) is 14.0. The van der Waals surface area contributed by atoms with Gasteiger partial charge in [-0.1, -0.05) is 6.92 Å². The number of ketones is 1. The van der Waals surface area contributed by atoms with Gasteiger partial charge in [0.15, 0.2) is 0 Å². The van der Waals surface area contributed by atoms with Gasteiger partial charge >= 0.3 is 5.97 Å². The van der Waals surface area contributed by atoms with Gasteiger partial charge in [-0.3, -0.25) is 4.79 Å². The van der Waals surface area contributed by atoms with Gasteiger partial charge in [0.2, 0.25) is 5.78 Å². The molecule has 0 spiro atoms. The summed E-state index contributed by atoms with van der Waals surface area (Å²) >= 11 is 0. The van der Waals surface area contributed by atoms with E-state index in [0.717, 1.165) is 19.0 Å². The number of hydrogen-bond donors (Lipinski definition) is 2. The van der Waals surface area contributed by atoms with Crippen LogP contribution in [-0.2, 0) is 4.74 Å². The maximum atomic E-state index is 12.6. The van der Waals surface area contributed by atoms with Gasteiger partial charge in [-0.05, 0) is 45.1 Å². The number of likely N-dealkylation sites (tertiary alicyclic amines) is 1. The molecule has 0 aliphatic carbocycles. The lowest BCUT2D eigenvalue weighted by Crippen LogP contribution is -3.13. The first-order valence-electron chi connectivity index (χ1n) is 8.17. The first-order chi connectivity index (χ1) is 10.4. The van der Waals surface area contributed by atoms with Gasteiger partial charge in [-0.25, -0.2) is 4.79 Å². The summed E-state index contributed by atoms with van der Waals surface area (Å²) in [6.45, 7) is 10.6. The van der Waals surface area contributed by atoms with Gasteiger partial charge in [0, 0.05) is 5.69 Å². The number of quaternary nitrogens is 1. The number of nitrogens with one attached hydrogen (secondary N) is 2.